The van der Waals surface area contributed by atoms with Gasteiger partial charge in [0.25, 0.3) is 11.5 Å². The highest BCUT2D eigenvalue weighted by Crippen LogP contribution is 2.17. The van der Waals surface area contributed by atoms with Gasteiger partial charge in [-0.1, -0.05) is 0 Å². The van der Waals surface area contributed by atoms with E-state index in [4.69, 9.17) is 4.74 Å². The Balaban J connectivity index is 1.41. The lowest BCUT2D eigenvalue weighted by atomic mass is 10.0. The predicted molar refractivity (Wildman–Crippen MR) is 113 cm³/mol. The smallest absolute Gasteiger partial charge is 0.268 e. The Kier molecular flexibility index (Phi) is 6.29. The number of pyridine rings is 1. The molecule has 0 radical (unpaired) electrons. The normalized spacial score (nSPS) is 20.4. The van der Waals surface area contributed by atoms with E-state index >= 15 is 0 Å². The number of nitrogens with one attached hydrogen (secondary N) is 1. The van der Waals surface area contributed by atoms with Gasteiger partial charge >= 0.3 is 0 Å². The summed E-state index contributed by atoms with van der Waals surface area (Å²) in [6, 6.07) is 7.44. The van der Waals surface area contributed by atoms with Crippen LogP contribution in [0.5, 0.6) is 0 Å². The molecule has 1 aromatic carbocycles. The van der Waals surface area contributed by atoms with Gasteiger partial charge in [0.15, 0.2) is 0 Å². The van der Waals surface area contributed by atoms with Crippen LogP contribution in [0.4, 0.5) is 4.39 Å². The van der Waals surface area contributed by atoms with Crippen molar-refractivity contribution in [2.24, 2.45) is 0 Å². The molecule has 6 nitrogen and oxygen atoms in total. The first kappa shape index (κ1) is 20.8. The number of halogens is 1. The first-order valence-electron chi connectivity index (χ1n) is 10.6. The number of carbonyl (C=O) groups excluding carboxylic acids is 1. The lowest BCUT2D eigenvalue weighted by Crippen LogP contribution is -2.47. The van der Waals surface area contributed by atoms with Gasteiger partial charge in [-0.25, -0.2) is 4.39 Å². The lowest BCUT2D eigenvalue weighted by Gasteiger charge is -2.33. The van der Waals surface area contributed by atoms with Crippen molar-refractivity contribution >= 4 is 5.91 Å². The fourth-order valence-electron chi connectivity index (χ4n) is 4.30. The SMILES string of the molecule is Cc1ccn(-c2ccc(F)cc2)c(=O)c1C(=O)NC1CCN(CC2CCCO2)CC1. The van der Waals surface area contributed by atoms with Crippen molar-refractivity contribution in [1.82, 2.24) is 14.8 Å². The zero-order valence-electron chi connectivity index (χ0n) is 17.3. The number of aryl methyl sites for hydroxylation is 1. The van der Waals surface area contributed by atoms with Crippen molar-refractivity contribution < 1.29 is 13.9 Å². The largest absolute Gasteiger partial charge is 0.377 e. The molecule has 160 valence electrons. The topological polar surface area (TPSA) is 63.6 Å². The number of piperidine rings is 1. The van der Waals surface area contributed by atoms with Crippen LogP contribution in [0.1, 0.15) is 41.6 Å². The Labute approximate surface area is 175 Å². The van der Waals surface area contributed by atoms with Crippen LogP contribution in [-0.4, -0.2) is 53.8 Å². The number of nitrogens with zero attached hydrogens (tertiary/aromatic N) is 2. The summed E-state index contributed by atoms with van der Waals surface area (Å²) in [6.45, 7) is 5.41. The highest BCUT2D eigenvalue weighted by Gasteiger charge is 2.26. The third-order valence-corrected chi connectivity index (χ3v) is 6.04. The van der Waals surface area contributed by atoms with Gasteiger partial charge < -0.3 is 15.0 Å². The van der Waals surface area contributed by atoms with Crippen LogP contribution >= 0.6 is 0 Å². The fraction of sp³-hybridized carbons (Fsp3) is 0.478. The molecule has 0 saturated carbocycles. The molecule has 2 aromatic rings. The molecule has 1 amide bonds. The van der Waals surface area contributed by atoms with Gasteiger partial charge in [-0.15, -0.1) is 0 Å². The second-order valence-corrected chi connectivity index (χ2v) is 8.21. The molecule has 2 saturated heterocycles. The van der Waals surface area contributed by atoms with Crippen molar-refractivity contribution in [2.75, 3.05) is 26.2 Å². The molecule has 0 aliphatic carbocycles. The summed E-state index contributed by atoms with van der Waals surface area (Å²) < 4.78 is 20.3. The van der Waals surface area contributed by atoms with Crippen LogP contribution < -0.4 is 10.9 Å². The van der Waals surface area contributed by atoms with Crippen molar-refractivity contribution in [3.8, 4) is 5.69 Å². The third-order valence-electron chi connectivity index (χ3n) is 6.04. The van der Waals surface area contributed by atoms with Crippen LogP contribution in [0.3, 0.4) is 0 Å². The predicted octanol–water partition coefficient (Wildman–Crippen LogP) is 2.66. The summed E-state index contributed by atoms with van der Waals surface area (Å²) in [6.07, 6.45) is 5.94. The number of carbonyl (C=O) groups is 1. The quantitative estimate of drug-likeness (QED) is 0.819. The van der Waals surface area contributed by atoms with E-state index in [2.05, 4.69) is 10.2 Å². The van der Waals surface area contributed by atoms with Crippen LogP contribution in [0.25, 0.3) is 5.69 Å². The monoisotopic (exact) mass is 413 g/mol. The van der Waals surface area contributed by atoms with Gasteiger partial charge in [0.2, 0.25) is 0 Å². The van der Waals surface area contributed by atoms with Crippen molar-refractivity contribution in [3.05, 3.63) is 63.8 Å². The Morgan fingerprint density at radius 2 is 1.90 bits per heavy atom. The Morgan fingerprint density at radius 3 is 2.57 bits per heavy atom. The van der Waals surface area contributed by atoms with Gasteiger partial charge in [0, 0.05) is 44.2 Å². The van der Waals surface area contributed by atoms with Gasteiger partial charge in [-0.2, -0.15) is 0 Å². The molecule has 30 heavy (non-hydrogen) atoms. The van der Waals surface area contributed by atoms with Crippen molar-refractivity contribution in [3.63, 3.8) is 0 Å². The molecular weight excluding hydrogens is 385 g/mol. The maximum Gasteiger partial charge on any atom is 0.268 e. The Bertz CT molecular complexity index is 943. The molecule has 1 unspecified atom stereocenters. The minimum atomic E-state index is -0.394. The van der Waals surface area contributed by atoms with E-state index in [0.717, 1.165) is 51.9 Å². The zero-order chi connectivity index (χ0) is 21.1. The molecule has 2 fully saturated rings. The molecule has 1 atom stereocenters. The summed E-state index contributed by atoms with van der Waals surface area (Å²) in [5, 5.41) is 3.05. The number of hydrogen-bond donors (Lipinski definition) is 1. The number of hydrogen-bond acceptors (Lipinski definition) is 4. The van der Waals surface area contributed by atoms with E-state index < -0.39 is 5.56 Å². The third kappa shape index (κ3) is 4.63. The number of likely N-dealkylation sites (tertiary alicyclic amines) is 1. The zero-order valence-corrected chi connectivity index (χ0v) is 17.3. The minimum Gasteiger partial charge on any atom is -0.377 e. The second kappa shape index (κ2) is 9.10. The summed E-state index contributed by atoms with van der Waals surface area (Å²) in [5.41, 5.74) is 0.906. The highest BCUT2D eigenvalue weighted by atomic mass is 19.1. The van der Waals surface area contributed by atoms with Crippen molar-refractivity contribution in [1.29, 1.82) is 0 Å². The molecule has 7 heteroatoms. The van der Waals surface area contributed by atoms with E-state index in [1.54, 1.807) is 19.2 Å². The summed E-state index contributed by atoms with van der Waals surface area (Å²) in [5.74, 6) is -0.714. The molecule has 1 aromatic heterocycles. The van der Waals surface area contributed by atoms with Crippen molar-refractivity contribution in [2.45, 2.75) is 44.8 Å². The maximum atomic E-state index is 13.2. The second-order valence-electron chi connectivity index (χ2n) is 8.21. The fourth-order valence-corrected chi connectivity index (χ4v) is 4.30. The van der Waals surface area contributed by atoms with E-state index in [-0.39, 0.29) is 23.3 Å². The van der Waals surface area contributed by atoms with E-state index in [0.29, 0.717) is 17.4 Å². The standard InChI is InChI=1S/C23H28FN3O3/c1-16-8-13-27(19-6-4-17(24)5-7-19)23(29)21(16)22(28)25-18-9-11-26(12-10-18)15-20-3-2-14-30-20/h4-8,13,18,20H,2-3,9-12,14-15H2,1H3,(H,25,28). The molecular formula is C23H28FN3O3. The number of rotatable bonds is 5. The lowest BCUT2D eigenvalue weighted by molar-refractivity contribution is 0.0612. The summed E-state index contributed by atoms with van der Waals surface area (Å²) in [7, 11) is 0. The van der Waals surface area contributed by atoms with Gasteiger partial charge in [0.05, 0.1) is 6.10 Å². The van der Waals surface area contributed by atoms with E-state index in [1.807, 2.05) is 0 Å². The first-order chi connectivity index (χ1) is 14.5. The Morgan fingerprint density at radius 1 is 1.17 bits per heavy atom. The number of benzene rings is 1. The van der Waals surface area contributed by atoms with Crippen LogP contribution in [0.2, 0.25) is 0 Å². The van der Waals surface area contributed by atoms with Gasteiger partial charge in [-0.3, -0.25) is 14.2 Å². The van der Waals surface area contributed by atoms with Gasteiger partial charge in [0.1, 0.15) is 11.4 Å². The number of aromatic nitrogens is 1. The molecule has 0 bridgehead atoms. The maximum absolute atomic E-state index is 13.2. The number of ether oxygens (including phenoxy) is 1. The summed E-state index contributed by atoms with van der Waals surface area (Å²) >= 11 is 0. The molecule has 1 N–H and O–H groups in total. The average molecular weight is 413 g/mol. The number of amides is 1. The van der Waals surface area contributed by atoms with E-state index in [1.165, 1.54) is 28.8 Å². The molecule has 2 aliphatic rings. The molecule has 2 aliphatic heterocycles. The molecule has 3 heterocycles. The van der Waals surface area contributed by atoms with Crippen LogP contribution in [-0.2, 0) is 4.74 Å². The average Bonchev–Trinajstić information content (AvgIpc) is 3.24. The van der Waals surface area contributed by atoms with E-state index in [9.17, 15) is 14.0 Å². The first-order valence-corrected chi connectivity index (χ1v) is 10.6. The Hall–Kier alpha value is -2.51. The molecule has 4 rings (SSSR count). The van der Waals surface area contributed by atoms with Crippen LogP contribution in [0, 0.1) is 12.7 Å². The van der Waals surface area contributed by atoms with Gasteiger partial charge in [-0.05, 0) is 68.5 Å². The minimum absolute atomic E-state index is 0.0523. The highest BCUT2D eigenvalue weighted by molar-refractivity contribution is 5.95. The summed E-state index contributed by atoms with van der Waals surface area (Å²) in [4.78, 5) is 28.3. The molecule has 0 spiro atoms. The van der Waals surface area contributed by atoms with Crippen LogP contribution in [0.15, 0.2) is 41.3 Å².